The number of hydrogen-bond donors (Lipinski definition) is 0. The first kappa shape index (κ1) is 7.41. The summed E-state index contributed by atoms with van der Waals surface area (Å²) in [6.07, 6.45) is 1.18. The molecule has 0 aliphatic carbocycles. The topological polar surface area (TPSA) is 53.3 Å². The minimum absolute atomic E-state index is 0.0223. The fourth-order valence-electron chi connectivity index (χ4n) is 1.82. The number of rotatable bonds is 1. The molecule has 0 aromatic carbocycles. The van der Waals surface area contributed by atoms with Crippen LogP contribution in [0.5, 0.6) is 0 Å². The van der Waals surface area contributed by atoms with Crippen LogP contribution in [-0.2, 0) is 4.74 Å². The molecule has 1 unspecified atom stereocenters. The molecule has 0 aromatic heterocycles. The quantitative estimate of drug-likeness (QED) is 0.577. The Morgan fingerprint density at radius 2 is 2.58 bits per heavy atom. The molecule has 2 heterocycles. The second kappa shape index (κ2) is 2.67. The van der Waals surface area contributed by atoms with Crippen LogP contribution in [0.2, 0.25) is 0 Å². The minimum Gasteiger partial charge on any atom is -0.444 e. The average molecular weight is 166 g/mol. The van der Waals surface area contributed by atoms with Crippen LogP contribution in [-0.4, -0.2) is 30.2 Å². The SMILES string of the molecule is N#CCC1CCN2C[C@H]1OC2=O. The Bertz CT molecular complexity index is 246. The minimum atomic E-state index is -0.208. The lowest BCUT2D eigenvalue weighted by molar-refractivity contribution is 0.106. The summed E-state index contributed by atoms with van der Waals surface area (Å²) in [7, 11) is 0. The standard InChI is InChI=1S/C8H10N2O2/c9-3-1-6-2-4-10-5-7(6)12-8(10)11/h6-7H,1-2,4-5H2/t6?,7-/m1/s1. The first-order chi connectivity index (χ1) is 5.81. The van der Waals surface area contributed by atoms with E-state index in [0.717, 1.165) is 13.0 Å². The summed E-state index contributed by atoms with van der Waals surface area (Å²) >= 11 is 0. The van der Waals surface area contributed by atoms with Gasteiger partial charge in [-0.05, 0) is 6.42 Å². The highest BCUT2D eigenvalue weighted by molar-refractivity contribution is 5.70. The average Bonchev–Trinajstić information content (AvgIpc) is 2.35. The summed E-state index contributed by atoms with van der Waals surface area (Å²) in [6.45, 7) is 1.44. The van der Waals surface area contributed by atoms with Gasteiger partial charge in [-0.1, -0.05) is 0 Å². The van der Waals surface area contributed by atoms with E-state index < -0.39 is 0 Å². The van der Waals surface area contributed by atoms with Gasteiger partial charge in [-0.3, -0.25) is 0 Å². The fraction of sp³-hybridized carbons (Fsp3) is 0.750. The highest BCUT2D eigenvalue weighted by Gasteiger charge is 2.40. The summed E-state index contributed by atoms with van der Waals surface area (Å²) in [4.78, 5) is 12.7. The van der Waals surface area contributed by atoms with Gasteiger partial charge in [0.1, 0.15) is 6.10 Å². The maximum Gasteiger partial charge on any atom is 0.410 e. The normalized spacial score (nSPS) is 32.9. The molecule has 0 saturated carbocycles. The van der Waals surface area contributed by atoms with E-state index in [-0.39, 0.29) is 18.1 Å². The van der Waals surface area contributed by atoms with Crippen LogP contribution in [0, 0.1) is 17.2 Å². The maximum absolute atomic E-state index is 11.0. The lowest BCUT2D eigenvalue weighted by atomic mass is 9.92. The summed E-state index contributed by atoms with van der Waals surface area (Å²) in [5.41, 5.74) is 0. The van der Waals surface area contributed by atoms with Crippen LogP contribution < -0.4 is 0 Å². The summed E-state index contributed by atoms with van der Waals surface area (Å²) < 4.78 is 5.09. The zero-order valence-corrected chi connectivity index (χ0v) is 6.69. The number of carbonyl (C=O) groups is 1. The van der Waals surface area contributed by atoms with Crippen LogP contribution >= 0.6 is 0 Å². The summed E-state index contributed by atoms with van der Waals surface area (Å²) in [5.74, 6) is 0.262. The smallest absolute Gasteiger partial charge is 0.410 e. The molecule has 0 spiro atoms. The first-order valence-electron chi connectivity index (χ1n) is 4.14. The van der Waals surface area contributed by atoms with Gasteiger partial charge in [0.2, 0.25) is 0 Å². The van der Waals surface area contributed by atoms with Crippen molar-refractivity contribution in [2.45, 2.75) is 18.9 Å². The first-order valence-corrected chi connectivity index (χ1v) is 4.14. The molecule has 2 atom stereocenters. The molecular formula is C8H10N2O2. The van der Waals surface area contributed by atoms with Gasteiger partial charge in [0.15, 0.2) is 0 Å². The molecule has 2 saturated heterocycles. The lowest BCUT2D eigenvalue weighted by Crippen LogP contribution is -2.35. The van der Waals surface area contributed by atoms with E-state index >= 15 is 0 Å². The number of fused-ring (bicyclic) bond motifs is 2. The van der Waals surface area contributed by atoms with E-state index in [1.165, 1.54) is 0 Å². The third-order valence-corrected chi connectivity index (χ3v) is 2.56. The fourth-order valence-corrected chi connectivity index (χ4v) is 1.82. The molecule has 12 heavy (non-hydrogen) atoms. The van der Waals surface area contributed by atoms with Gasteiger partial charge in [-0.15, -0.1) is 0 Å². The van der Waals surface area contributed by atoms with Crippen molar-refractivity contribution < 1.29 is 9.53 Å². The van der Waals surface area contributed by atoms with Crippen LogP contribution in [0.3, 0.4) is 0 Å². The van der Waals surface area contributed by atoms with Crippen LogP contribution in [0.1, 0.15) is 12.8 Å². The monoisotopic (exact) mass is 166 g/mol. The van der Waals surface area contributed by atoms with Gasteiger partial charge in [-0.2, -0.15) is 5.26 Å². The summed E-state index contributed by atoms with van der Waals surface area (Å²) in [6, 6.07) is 2.13. The van der Waals surface area contributed by atoms with Crippen molar-refractivity contribution in [3.8, 4) is 6.07 Å². The maximum atomic E-state index is 11.0. The zero-order valence-electron chi connectivity index (χ0n) is 6.69. The molecular weight excluding hydrogens is 156 g/mol. The van der Waals surface area contributed by atoms with Gasteiger partial charge in [0, 0.05) is 18.9 Å². The lowest BCUT2D eigenvalue weighted by Gasteiger charge is -2.24. The van der Waals surface area contributed by atoms with E-state index in [2.05, 4.69) is 6.07 Å². The predicted molar refractivity (Wildman–Crippen MR) is 40.2 cm³/mol. The second-order valence-electron chi connectivity index (χ2n) is 3.28. The van der Waals surface area contributed by atoms with Crippen LogP contribution in [0.25, 0.3) is 0 Å². The zero-order chi connectivity index (χ0) is 8.55. The van der Waals surface area contributed by atoms with E-state index in [0.29, 0.717) is 13.0 Å². The number of nitriles is 1. The van der Waals surface area contributed by atoms with Gasteiger partial charge in [0.25, 0.3) is 0 Å². The molecule has 0 radical (unpaired) electrons. The Kier molecular flexibility index (Phi) is 1.65. The molecule has 64 valence electrons. The van der Waals surface area contributed by atoms with E-state index in [4.69, 9.17) is 10.00 Å². The van der Waals surface area contributed by atoms with Crippen molar-refractivity contribution in [2.75, 3.05) is 13.1 Å². The Morgan fingerprint density at radius 1 is 1.75 bits per heavy atom. The van der Waals surface area contributed by atoms with Crippen molar-refractivity contribution in [3.05, 3.63) is 0 Å². The Balaban J connectivity index is 2.05. The molecule has 2 aliphatic rings. The Labute approximate surface area is 70.7 Å². The number of nitrogens with zero attached hydrogens (tertiary/aromatic N) is 2. The van der Waals surface area contributed by atoms with Crippen LogP contribution in [0.15, 0.2) is 0 Å². The van der Waals surface area contributed by atoms with E-state index in [9.17, 15) is 4.79 Å². The number of amides is 1. The van der Waals surface area contributed by atoms with Crippen molar-refractivity contribution in [1.29, 1.82) is 5.26 Å². The number of hydrogen-bond acceptors (Lipinski definition) is 3. The Hall–Kier alpha value is -1.24. The van der Waals surface area contributed by atoms with Crippen molar-refractivity contribution in [2.24, 2.45) is 5.92 Å². The molecule has 2 rings (SSSR count). The molecule has 1 amide bonds. The van der Waals surface area contributed by atoms with E-state index in [1.54, 1.807) is 4.90 Å². The van der Waals surface area contributed by atoms with Crippen molar-refractivity contribution >= 4 is 6.09 Å². The molecule has 2 bridgehead atoms. The highest BCUT2D eigenvalue weighted by atomic mass is 16.6. The molecule has 4 heteroatoms. The molecule has 0 aromatic rings. The van der Waals surface area contributed by atoms with E-state index in [1.807, 2.05) is 0 Å². The molecule has 2 fully saturated rings. The van der Waals surface area contributed by atoms with Crippen molar-refractivity contribution in [3.63, 3.8) is 0 Å². The highest BCUT2D eigenvalue weighted by Crippen LogP contribution is 2.28. The van der Waals surface area contributed by atoms with Crippen LogP contribution in [0.4, 0.5) is 4.79 Å². The summed E-state index contributed by atoms with van der Waals surface area (Å²) in [5, 5.41) is 8.51. The third kappa shape index (κ3) is 1.02. The Morgan fingerprint density at radius 3 is 3.33 bits per heavy atom. The van der Waals surface area contributed by atoms with Crippen molar-refractivity contribution in [1.82, 2.24) is 4.90 Å². The molecule has 4 nitrogen and oxygen atoms in total. The van der Waals surface area contributed by atoms with Gasteiger partial charge >= 0.3 is 6.09 Å². The van der Waals surface area contributed by atoms with Gasteiger partial charge < -0.3 is 9.64 Å². The molecule has 0 N–H and O–H groups in total. The third-order valence-electron chi connectivity index (χ3n) is 2.56. The predicted octanol–water partition coefficient (Wildman–Crippen LogP) is 0.741. The molecule has 2 aliphatic heterocycles. The van der Waals surface area contributed by atoms with Gasteiger partial charge in [0.05, 0.1) is 12.6 Å². The largest absolute Gasteiger partial charge is 0.444 e. The van der Waals surface area contributed by atoms with Gasteiger partial charge in [-0.25, -0.2) is 4.79 Å². The number of carbonyl (C=O) groups excluding carboxylic acids is 1. The number of ether oxygens (including phenoxy) is 1. The number of piperidine rings is 1. The second-order valence-corrected chi connectivity index (χ2v) is 3.28.